The van der Waals surface area contributed by atoms with Crippen LogP contribution in [-0.2, 0) is 0 Å². The molecule has 0 radical (unpaired) electrons. The minimum Gasteiger partial charge on any atom is -0.395 e. The van der Waals surface area contributed by atoms with E-state index < -0.39 is 0 Å². The Morgan fingerprint density at radius 1 is 1.16 bits per heavy atom. The maximum atomic E-state index is 9.46. The first-order valence-electron chi connectivity index (χ1n) is 7.77. The van der Waals surface area contributed by atoms with Crippen molar-refractivity contribution >= 4 is 0 Å². The van der Waals surface area contributed by atoms with E-state index in [0.717, 1.165) is 12.3 Å². The standard InChI is InChI=1S/C17H27NO/c1-2-16(13-19)18-17(14-9-5-3-6-10-14)15-11-7-4-8-12-15/h3,5-6,9-10,15-19H,2,4,7-8,11-13H2,1H3. The smallest absolute Gasteiger partial charge is 0.0584 e. The van der Waals surface area contributed by atoms with Gasteiger partial charge in [0.05, 0.1) is 6.61 Å². The van der Waals surface area contributed by atoms with Crippen molar-refractivity contribution in [2.24, 2.45) is 5.92 Å². The first kappa shape index (κ1) is 14.5. The highest BCUT2D eigenvalue weighted by molar-refractivity contribution is 5.20. The van der Waals surface area contributed by atoms with Crippen LogP contribution in [0.25, 0.3) is 0 Å². The number of nitrogens with one attached hydrogen (secondary N) is 1. The molecule has 0 aromatic heterocycles. The molecule has 0 heterocycles. The Morgan fingerprint density at radius 3 is 2.42 bits per heavy atom. The van der Waals surface area contributed by atoms with Gasteiger partial charge in [-0.3, -0.25) is 0 Å². The van der Waals surface area contributed by atoms with Crippen molar-refractivity contribution in [3.63, 3.8) is 0 Å². The minimum atomic E-state index is 0.215. The number of aliphatic hydroxyl groups excluding tert-OH is 1. The Bertz CT molecular complexity index is 342. The van der Waals surface area contributed by atoms with Crippen LogP contribution in [0.3, 0.4) is 0 Å². The zero-order valence-electron chi connectivity index (χ0n) is 12.0. The summed E-state index contributed by atoms with van der Waals surface area (Å²) in [6.45, 7) is 2.36. The van der Waals surface area contributed by atoms with E-state index in [2.05, 4.69) is 42.6 Å². The van der Waals surface area contributed by atoms with Crippen LogP contribution in [0.2, 0.25) is 0 Å². The summed E-state index contributed by atoms with van der Waals surface area (Å²) in [5.74, 6) is 0.719. The van der Waals surface area contributed by atoms with E-state index in [0.29, 0.717) is 6.04 Å². The quantitative estimate of drug-likeness (QED) is 0.819. The van der Waals surface area contributed by atoms with Gasteiger partial charge in [0.25, 0.3) is 0 Å². The number of hydrogen-bond acceptors (Lipinski definition) is 2. The molecule has 0 spiro atoms. The lowest BCUT2D eigenvalue weighted by Gasteiger charge is -2.34. The lowest BCUT2D eigenvalue weighted by molar-refractivity contribution is 0.194. The van der Waals surface area contributed by atoms with E-state index in [1.54, 1.807) is 0 Å². The van der Waals surface area contributed by atoms with Crippen LogP contribution in [0.4, 0.5) is 0 Å². The molecule has 0 amide bonds. The Labute approximate surface area is 117 Å². The largest absolute Gasteiger partial charge is 0.395 e. The van der Waals surface area contributed by atoms with Crippen molar-refractivity contribution in [3.05, 3.63) is 35.9 Å². The molecule has 1 aromatic carbocycles. The highest BCUT2D eigenvalue weighted by Gasteiger charge is 2.26. The molecule has 2 N–H and O–H groups in total. The van der Waals surface area contributed by atoms with E-state index in [4.69, 9.17) is 0 Å². The third kappa shape index (κ3) is 4.05. The maximum absolute atomic E-state index is 9.46. The molecule has 1 aliphatic carbocycles. The normalized spacial score (nSPS) is 20.1. The van der Waals surface area contributed by atoms with Crippen molar-refractivity contribution in [3.8, 4) is 0 Å². The molecular formula is C17H27NO. The van der Waals surface area contributed by atoms with Gasteiger partial charge >= 0.3 is 0 Å². The summed E-state index contributed by atoms with van der Waals surface area (Å²) in [5.41, 5.74) is 1.38. The van der Waals surface area contributed by atoms with Gasteiger partial charge in [0.1, 0.15) is 0 Å². The van der Waals surface area contributed by atoms with Crippen molar-refractivity contribution in [2.75, 3.05) is 6.61 Å². The molecule has 1 saturated carbocycles. The van der Waals surface area contributed by atoms with Gasteiger partial charge in [-0.1, -0.05) is 56.5 Å². The average Bonchev–Trinajstić information content (AvgIpc) is 2.50. The summed E-state index contributed by atoms with van der Waals surface area (Å²) < 4.78 is 0. The zero-order chi connectivity index (χ0) is 13.5. The van der Waals surface area contributed by atoms with Gasteiger partial charge in [0.2, 0.25) is 0 Å². The second-order valence-corrected chi connectivity index (χ2v) is 5.74. The molecule has 2 unspecified atom stereocenters. The van der Waals surface area contributed by atoms with Crippen molar-refractivity contribution in [1.29, 1.82) is 0 Å². The first-order chi connectivity index (χ1) is 9.35. The van der Waals surface area contributed by atoms with Crippen LogP contribution >= 0.6 is 0 Å². The molecule has 19 heavy (non-hydrogen) atoms. The number of benzene rings is 1. The molecule has 2 heteroatoms. The Hall–Kier alpha value is -0.860. The van der Waals surface area contributed by atoms with E-state index in [1.807, 2.05) is 0 Å². The predicted octanol–water partition coefficient (Wildman–Crippen LogP) is 3.67. The Balaban J connectivity index is 2.12. The zero-order valence-corrected chi connectivity index (χ0v) is 12.0. The molecule has 1 fully saturated rings. The predicted molar refractivity (Wildman–Crippen MR) is 80.1 cm³/mol. The monoisotopic (exact) mass is 261 g/mol. The van der Waals surface area contributed by atoms with Crippen molar-refractivity contribution in [2.45, 2.75) is 57.5 Å². The van der Waals surface area contributed by atoms with Crippen LogP contribution in [-0.4, -0.2) is 17.8 Å². The summed E-state index contributed by atoms with van der Waals surface area (Å²) in [5, 5.41) is 13.1. The molecule has 0 saturated heterocycles. The van der Waals surface area contributed by atoms with Crippen molar-refractivity contribution in [1.82, 2.24) is 5.32 Å². The van der Waals surface area contributed by atoms with Gasteiger partial charge < -0.3 is 10.4 Å². The lowest BCUT2D eigenvalue weighted by Crippen LogP contribution is -2.39. The summed E-state index contributed by atoms with van der Waals surface area (Å²) >= 11 is 0. The van der Waals surface area contributed by atoms with E-state index in [1.165, 1.54) is 37.7 Å². The van der Waals surface area contributed by atoms with Crippen molar-refractivity contribution < 1.29 is 5.11 Å². The molecule has 1 aliphatic rings. The van der Waals surface area contributed by atoms with Gasteiger partial charge in [0, 0.05) is 12.1 Å². The van der Waals surface area contributed by atoms with Gasteiger partial charge in [-0.25, -0.2) is 0 Å². The Morgan fingerprint density at radius 2 is 1.84 bits per heavy atom. The van der Waals surface area contributed by atoms with Crippen LogP contribution < -0.4 is 5.32 Å². The van der Waals surface area contributed by atoms with E-state index in [9.17, 15) is 5.11 Å². The second-order valence-electron chi connectivity index (χ2n) is 5.74. The molecule has 0 bridgehead atoms. The van der Waals surface area contributed by atoms with E-state index >= 15 is 0 Å². The SMILES string of the molecule is CCC(CO)NC(c1ccccc1)C1CCCCC1. The molecular weight excluding hydrogens is 234 g/mol. The summed E-state index contributed by atoms with van der Waals surface area (Å²) in [6, 6.07) is 11.4. The van der Waals surface area contributed by atoms with Crippen LogP contribution in [0, 0.1) is 5.92 Å². The van der Waals surface area contributed by atoms with Gasteiger partial charge in [-0.05, 0) is 30.7 Å². The molecule has 2 atom stereocenters. The number of rotatable bonds is 6. The lowest BCUT2D eigenvalue weighted by atomic mass is 9.80. The van der Waals surface area contributed by atoms with Crippen LogP contribution in [0.1, 0.15) is 57.1 Å². The molecule has 106 valence electrons. The van der Waals surface area contributed by atoms with Gasteiger partial charge in [-0.15, -0.1) is 0 Å². The third-order valence-corrected chi connectivity index (χ3v) is 4.41. The van der Waals surface area contributed by atoms with Crippen LogP contribution in [0.15, 0.2) is 30.3 Å². The molecule has 1 aromatic rings. The fourth-order valence-electron chi connectivity index (χ4n) is 3.19. The fourth-order valence-corrected chi connectivity index (χ4v) is 3.19. The summed E-state index contributed by atoms with van der Waals surface area (Å²) in [6.07, 6.45) is 7.70. The second kappa shape index (κ2) is 7.66. The van der Waals surface area contributed by atoms with E-state index in [-0.39, 0.29) is 12.6 Å². The molecule has 2 rings (SSSR count). The summed E-state index contributed by atoms with van der Waals surface area (Å²) in [7, 11) is 0. The molecule has 2 nitrogen and oxygen atoms in total. The maximum Gasteiger partial charge on any atom is 0.0584 e. The van der Waals surface area contributed by atoms with Crippen LogP contribution in [0.5, 0.6) is 0 Å². The number of hydrogen-bond donors (Lipinski definition) is 2. The first-order valence-corrected chi connectivity index (χ1v) is 7.77. The third-order valence-electron chi connectivity index (χ3n) is 4.41. The summed E-state index contributed by atoms with van der Waals surface area (Å²) in [4.78, 5) is 0. The Kier molecular flexibility index (Phi) is 5.87. The minimum absolute atomic E-state index is 0.215. The highest BCUT2D eigenvalue weighted by Crippen LogP contribution is 2.34. The average molecular weight is 261 g/mol. The molecule has 0 aliphatic heterocycles. The fraction of sp³-hybridized carbons (Fsp3) is 0.647. The van der Waals surface area contributed by atoms with Gasteiger partial charge in [-0.2, -0.15) is 0 Å². The topological polar surface area (TPSA) is 32.3 Å². The highest BCUT2D eigenvalue weighted by atomic mass is 16.3. The number of aliphatic hydroxyl groups is 1. The van der Waals surface area contributed by atoms with Gasteiger partial charge in [0.15, 0.2) is 0 Å².